The van der Waals surface area contributed by atoms with Gasteiger partial charge in [-0.2, -0.15) is 13.2 Å². The van der Waals surface area contributed by atoms with Crippen LogP contribution in [-0.4, -0.2) is 36.6 Å². The average Bonchev–Trinajstić information content (AvgIpc) is 2.68. The van der Waals surface area contributed by atoms with Gasteiger partial charge in [-0.3, -0.25) is 4.79 Å². The maximum absolute atomic E-state index is 12.6. The zero-order valence-electron chi connectivity index (χ0n) is 14.9. The second kappa shape index (κ2) is 8.68. The third kappa shape index (κ3) is 5.51. The lowest BCUT2D eigenvalue weighted by molar-refractivity contribution is -0.137. The van der Waals surface area contributed by atoms with E-state index in [0.717, 1.165) is 12.3 Å². The maximum Gasteiger partial charge on any atom is 0.417 e. The van der Waals surface area contributed by atoms with Crippen molar-refractivity contribution in [2.75, 3.05) is 24.6 Å². The number of hydrogen-bond acceptors (Lipinski definition) is 4. The number of alkyl halides is 3. The minimum Gasteiger partial charge on any atom is -0.484 e. The van der Waals surface area contributed by atoms with Gasteiger partial charge in [-0.25, -0.2) is 4.98 Å². The Hall–Kier alpha value is -2.48. The van der Waals surface area contributed by atoms with Crippen LogP contribution in [0.4, 0.5) is 19.0 Å². The number of pyridine rings is 1. The third-order valence-corrected chi connectivity index (χ3v) is 4.69. The molecule has 0 spiro atoms. The fourth-order valence-corrected chi connectivity index (χ4v) is 3.07. The van der Waals surface area contributed by atoms with E-state index in [1.165, 1.54) is 6.07 Å². The zero-order valence-corrected chi connectivity index (χ0v) is 15.6. The Morgan fingerprint density at radius 1 is 1.18 bits per heavy atom. The number of halogens is 4. The van der Waals surface area contributed by atoms with Gasteiger partial charge in [-0.15, -0.1) is 0 Å². The molecule has 0 aliphatic carbocycles. The molecule has 0 unspecified atom stereocenters. The number of amides is 1. The van der Waals surface area contributed by atoms with Crippen molar-refractivity contribution in [3.63, 3.8) is 0 Å². The molecule has 1 fully saturated rings. The van der Waals surface area contributed by atoms with Crippen LogP contribution in [0.3, 0.4) is 0 Å². The quantitative estimate of drug-likeness (QED) is 0.807. The first kappa shape index (κ1) is 20.3. The van der Waals surface area contributed by atoms with E-state index in [0.29, 0.717) is 42.5 Å². The van der Waals surface area contributed by atoms with Crippen LogP contribution in [0.1, 0.15) is 18.4 Å². The number of nitrogens with zero attached hydrogens (tertiary/aromatic N) is 2. The van der Waals surface area contributed by atoms with E-state index < -0.39 is 11.7 Å². The van der Waals surface area contributed by atoms with Gasteiger partial charge in [-0.1, -0.05) is 11.6 Å². The molecular weight excluding hydrogens is 395 g/mol. The highest BCUT2D eigenvalue weighted by Gasteiger charge is 2.31. The van der Waals surface area contributed by atoms with Crippen LogP contribution in [0.2, 0.25) is 5.02 Å². The smallest absolute Gasteiger partial charge is 0.417 e. The van der Waals surface area contributed by atoms with Crippen molar-refractivity contribution in [3.8, 4) is 5.75 Å². The van der Waals surface area contributed by atoms with Gasteiger partial charge < -0.3 is 15.0 Å². The molecule has 1 amide bonds. The maximum atomic E-state index is 12.6. The van der Waals surface area contributed by atoms with Gasteiger partial charge in [0.1, 0.15) is 11.6 Å². The Labute approximate surface area is 165 Å². The largest absolute Gasteiger partial charge is 0.484 e. The summed E-state index contributed by atoms with van der Waals surface area (Å²) >= 11 is 5.79. The number of ether oxygens (including phenoxy) is 1. The van der Waals surface area contributed by atoms with Gasteiger partial charge in [0, 0.05) is 30.4 Å². The summed E-state index contributed by atoms with van der Waals surface area (Å²) in [5.41, 5.74) is -0.765. The van der Waals surface area contributed by atoms with Gasteiger partial charge in [0.05, 0.1) is 5.56 Å². The molecule has 0 saturated carbocycles. The summed E-state index contributed by atoms with van der Waals surface area (Å²) in [5.74, 6) is 0.840. The van der Waals surface area contributed by atoms with Crippen molar-refractivity contribution in [1.29, 1.82) is 0 Å². The number of rotatable bonds is 5. The molecule has 1 aromatic heterocycles. The zero-order chi connectivity index (χ0) is 20.1. The Balaban J connectivity index is 1.43. The minimum absolute atomic E-state index is 0.00739. The first-order chi connectivity index (χ1) is 13.3. The number of aromatic nitrogens is 1. The first-order valence-electron chi connectivity index (χ1n) is 8.77. The summed E-state index contributed by atoms with van der Waals surface area (Å²) in [6, 6.07) is 9.13. The Bertz CT molecular complexity index is 790. The van der Waals surface area contributed by atoms with Crippen LogP contribution >= 0.6 is 11.6 Å². The highest BCUT2D eigenvalue weighted by molar-refractivity contribution is 6.30. The highest BCUT2D eigenvalue weighted by atomic mass is 35.5. The van der Waals surface area contributed by atoms with E-state index in [1.807, 2.05) is 4.90 Å². The molecule has 3 rings (SSSR count). The second-order valence-electron chi connectivity index (χ2n) is 6.47. The number of piperidine rings is 1. The van der Waals surface area contributed by atoms with Gasteiger partial charge in [0.15, 0.2) is 6.61 Å². The van der Waals surface area contributed by atoms with Gasteiger partial charge >= 0.3 is 6.18 Å². The molecule has 150 valence electrons. The normalized spacial score (nSPS) is 15.4. The van der Waals surface area contributed by atoms with Crippen LogP contribution in [-0.2, 0) is 11.0 Å². The molecule has 2 aromatic rings. The fraction of sp³-hybridized carbons (Fsp3) is 0.368. The summed E-state index contributed by atoms with van der Waals surface area (Å²) in [7, 11) is 0. The summed E-state index contributed by atoms with van der Waals surface area (Å²) in [5, 5.41) is 3.50. The Morgan fingerprint density at radius 2 is 1.86 bits per heavy atom. The van der Waals surface area contributed by atoms with Crippen LogP contribution < -0.4 is 15.0 Å². The predicted octanol–water partition coefficient (Wildman–Crippen LogP) is 3.92. The van der Waals surface area contributed by atoms with Crippen molar-refractivity contribution in [1.82, 2.24) is 10.3 Å². The lowest BCUT2D eigenvalue weighted by atomic mass is 10.0. The number of anilines is 1. The fourth-order valence-electron chi connectivity index (χ4n) is 2.94. The lowest BCUT2D eigenvalue weighted by Crippen LogP contribution is -2.46. The van der Waals surface area contributed by atoms with Crippen LogP contribution in [0.15, 0.2) is 42.6 Å². The summed E-state index contributed by atoms with van der Waals surface area (Å²) < 4.78 is 43.3. The number of benzene rings is 1. The molecule has 1 N–H and O–H groups in total. The van der Waals surface area contributed by atoms with E-state index in [4.69, 9.17) is 16.3 Å². The molecule has 0 atom stereocenters. The van der Waals surface area contributed by atoms with Crippen molar-refractivity contribution in [2.45, 2.75) is 25.1 Å². The Kier molecular flexibility index (Phi) is 6.28. The molecule has 1 aliphatic rings. The van der Waals surface area contributed by atoms with Crippen molar-refractivity contribution >= 4 is 23.3 Å². The van der Waals surface area contributed by atoms with Gasteiger partial charge in [-0.05, 0) is 49.2 Å². The van der Waals surface area contributed by atoms with Gasteiger partial charge in [0.25, 0.3) is 5.91 Å². The molecule has 0 radical (unpaired) electrons. The lowest BCUT2D eigenvalue weighted by Gasteiger charge is -2.33. The molecule has 9 heteroatoms. The third-order valence-electron chi connectivity index (χ3n) is 4.44. The van der Waals surface area contributed by atoms with Gasteiger partial charge in [0.2, 0.25) is 0 Å². The van der Waals surface area contributed by atoms with E-state index in [9.17, 15) is 18.0 Å². The van der Waals surface area contributed by atoms with E-state index >= 15 is 0 Å². The van der Waals surface area contributed by atoms with Crippen LogP contribution in [0.5, 0.6) is 5.75 Å². The van der Waals surface area contributed by atoms with Crippen molar-refractivity contribution in [3.05, 3.63) is 53.2 Å². The standard InChI is InChI=1S/C19H19ClF3N3O2/c20-14-2-4-16(5-3-14)28-12-18(27)25-15-7-9-26(10-8-15)17-6-1-13(11-24-17)19(21,22)23/h1-6,11,15H,7-10,12H2,(H,25,27). The molecule has 0 bridgehead atoms. The van der Waals surface area contributed by atoms with E-state index in [-0.39, 0.29) is 18.6 Å². The molecule has 1 aliphatic heterocycles. The molecule has 2 heterocycles. The first-order valence-corrected chi connectivity index (χ1v) is 9.15. The Morgan fingerprint density at radius 3 is 2.43 bits per heavy atom. The molecule has 1 saturated heterocycles. The molecule has 28 heavy (non-hydrogen) atoms. The summed E-state index contributed by atoms with van der Waals surface area (Å²) in [6.45, 7) is 1.10. The number of carbonyl (C=O) groups is 1. The van der Waals surface area contributed by atoms with E-state index in [1.54, 1.807) is 24.3 Å². The number of nitrogens with one attached hydrogen (secondary N) is 1. The van der Waals surface area contributed by atoms with Crippen molar-refractivity contribution in [2.24, 2.45) is 0 Å². The minimum atomic E-state index is -4.39. The van der Waals surface area contributed by atoms with Crippen molar-refractivity contribution < 1.29 is 22.7 Å². The number of hydrogen-bond donors (Lipinski definition) is 1. The average molecular weight is 414 g/mol. The second-order valence-corrected chi connectivity index (χ2v) is 6.91. The SMILES string of the molecule is O=C(COc1ccc(Cl)cc1)NC1CCN(c2ccc(C(F)(F)F)cn2)CC1. The summed E-state index contributed by atoms with van der Waals surface area (Å²) in [6.07, 6.45) is -2.20. The molecular formula is C19H19ClF3N3O2. The molecule has 5 nitrogen and oxygen atoms in total. The highest BCUT2D eigenvalue weighted by Crippen LogP contribution is 2.29. The molecule has 1 aromatic carbocycles. The van der Waals surface area contributed by atoms with Crippen LogP contribution in [0.25, 0.3) is 0 Å². The summed E-state index contributed by atoms with van der Waals surface area (Å²) in [4.78, 5) is 17.9. The van der Waals surface area contributed by atoms with E-state index in [2.05, 4.69) is 10.3 Å². The van der Waals surface area contributed by atoms with Crippen LogP contribution in [0, 0.1) is 0 Å². The number of carbonyl (C=O) groups excluding carboxylic acids is 1. The topological polar surface area (TPSA) is 54.5 Å². The monoisotopic (exact) mass is 413 g/mol. The predicted molar refractivity (Wildman–Crippen MR) is 99.6 cm³/mol.